The monoisotopic (exact) mass is 329 g/mol. The molecule has 1 heterocycles. The van der Waals surface area contributed by atoms with E-state index in [0.29, 0.717) is 6.42 Å². The minimum atomic E-state index is -0.220. The number of carbonyl (C=O) groups excluding carboxylic acids is 1. The molecule has 1 aliphatic heterocycles. The van der Waals surface area contributed by atoms with Crippen LogP contribution >= 0.6 is 15.9 Å². The first kappa shape index (κ1) is 13.4. The summed E-state index contributed by atoms with van der Waals surface area (Å²) in [7, 11) is 0. The SMILES string of the molecule is CC1(c2cccc(Br)c2)CC(=O)NC1c1ccccc1. The largest absolute Gasteiger partial charge is 0.348 e. The van der Waals surface area contributed by atoms with Crippen molar-refractivity contribution in [1.82, 2.24) is 5.32 Å². The molecule has 0 spiro atoms. The van der Waals surface area contributed by atoms with Crippen molar-refractivity contribution in [2.75, 3.05) is 0 Å². The van der Waals surface area contributed by atoms with E-state index >= 15 is 0 Å². The Balaban J connectivity index is 2.07. The molecule has 2 atom stereocenters. The lowest BCUT2D eigenvalue weighted by atomic mass is 9.74. The lowest BCUT2D eigenvalue weighted by Crippen LogP contribution is -2.30. The molecule has 2 aromatic carbocycles. The first-order valence-electron chi connectivity index (χ1n) is 6.70. The van der Waals surface area contributed by atoms with Gasteiger partial charge in [0.1, 0.15) is 0 Å². The Morgan fingerprint density at radius 2 is 1.90 bits per heavy atom. The molecule has 0 bridgehead atoms. The van der Waals surface area contributed by atoms with E-state index in [1.54, 1.807) is 0 Å². The highest BCUT2D eigenvalue weighted by atomic mass is 79.9. The summed E-state index contributed by atoms with van der Waals surface area (Å²) in [4.78, 5) is 12.0. The Hall–Kier alpha value is -1.61. The highest BCUT2D eigenvalue weighted by Crippen LogP contribution is 2.44. The molecule has 0 radical (unpaired) electrons. The molecule has 1 N–H and O–H groups in total. The molecule has 2 unspecified atom stereocenters. The summed E-state index contributed by atoms with van der Waals surface area (Å²) >= 11 is 3.52. The minimum Gasteiger partial charge on any atom is -0.348 e. The highest BCUT2D eigenvalue weighted by molar-refractivity contribution is 9.10. The molecule has 1 fully saturated rings. The zero-order valence-electron chi connectivity index (χ0n) is 11.3. The molecular formula is C17H16BrNO. The maximum absolute atomic E-state index is 12.0. The second-order valence-corrected chi connectivity index (χ2v) is 6.43. The van der Waals surface area contributed by atoms with Crippen LogP contribution in [-0.2, 0) is 10.2 Å². The zero-order valence-corrected chi connectivity index (χ0v) is 12.9. The molecule has 3 rings (SSSR count). The van der Waals surface area contributed by atoms with Crippen LogP contribution in [0.25, 0.3) is 0 Å². The molecule has 3 heteroatoms. The third-order valence-corrected chi connectivity index (χ3v) is 4.58. The summed E-state index contributed by atoms with van der Waals surface area (Å²) in [6.07, 6.45) is 0.517. The van der Waals surface area contributed by atoms with Crippen LogP contribution in [0, 0.1) is 0 Å². The number of benzene rings is 2. The highest BCUT2D eigenvalue weighted by Gasteiger charge is 2.45. The topological polar surface area (TPSA) is 29.1 Å². The number of carbonyl (C=O) groups is 1. The van der Waals surface area contributed by atoms with Gasteiger partial charge in [-0.1, -0.05) is 65.3 Å². The molecular weight excluding hydrogens is 314 g/mol. The van der Waals surface area contributed by atoms with Gasteiger partial charge in [0.15, 0.2) is 0 Å². The van der Waals surface area contributed by atoms with Gasteiger partial charge in [0.25, 0.3) is 0 Å². The molecule has 0 aliphatic carbocycles. The molecule has 1 aliphatic rings. The Bertz CT molecular complexity index is 640. The zero-order chi connectivity index (χ0) is 14.2. The Kier molecular flexibility index (Phi) is 3.38. The normalized spacial score (nSPS) is 25.5. The van der Waals surface area contributed by atoms with Crippen LogP contribution in [0.4, 0.5) is 0 Å². The van der Waals surface area contributed by atoms with Gasteiger partial charge in [-0.25, -0.2) is 0 Å². The van der Waals surface area contributed by atoms with Crippen molar-refractivity contribution in [2.24, 2.45) is 0 Å². The maximum Gasteiger partial charge on any atom is 0.221 e. The first-order valence-corrected chi connectivity index (χ1v) is 7.49. The molecule has 20 heavy (non-hydrogen) atoms. The second-order valence-electron chi connectivity index (χ2n) is 5.52. The first-order chi connectivity index (χ1) is 9.59. The van der Waals surface area contributed by atoms with Crippen LogP contribution in [0.5, 0.6) is 0 Å². The van der Waals surface area contributed by atoms with Crippen molar-refractivity contribution < 1.29 is 4.79 Å². The molecule has 102 valence electrons. The fourth-order valence-electron chi connectivity index (χ4n) is 3.02. The minimum absolute atomic E-state index is 0.0190. The van der Waals surface area contributed by atoms with E-state index in [2.05, 4.69) is 52.4 Å². The second kappa shape index (κ2) is 5.06. The number of hydrogen-bond donors (Lipinski definition) is 1. The van der Waals surface area contributed by atoms with Crippen LogP contribution in [-0.4, -0.2) is 5.91 Å². The van der Waals surface area contributed by atoms with Crippen molar-refractivity contribution >= 4 is 21.8 Å². The van der Waals surface area contributed by atoms with Gasteiger partial charge in [-0.2, -0.15) is 0 Å². The lowest BCUT2D eigenvalue weighted by molar-refractivity contribution is -0.119. The third-order valence-electron chi connectivity index (χ3n) is 4.09. The number of rotatable bonds is 2. The summed E-state index contributed by atoms with van der Waals surface area (Å²) in [6, 6.07) is 18.4. The van der Waals surface area contributed by atoms with Crippen molar-refractivity contribution in [3.8, 4) is 0 Å². The quantitative estimate of drug-likeness (QED) is 0.887. The molecule has 1 saturated heterocycles. The van der Waals surface area contributed by atoms with Gasteiger partial charge in [-0.05, 0) is 23.3 Å². The van der Waals surface area contributed by atoms with Gasteiger partial charge < -0.3 is 5.32 Å². The van der Waals surface area contributed by atoms with Gasteiger partial charge >= 0.3 is 0 Å². The van der Waals surface area contributed by atoms with Gasteiger partial charge in [0.2, 0.25) is 5.91 Å². The van der Waals surface area contributed by atoms with Crippen molar-refractivity contribution in [2.45, 2.75) is 24.8 Å². The van der Waals surface area contributed by atoms with E-state index in [9.17, 15) is 4.79 Å². The predicted molar refractivity (Wildman–Crippen MR) is 83.4 cm³/mol. The van der Waals surface area contributed by atoms with Crippen molar-refractivity contribution in [1.29, 1.82) is 0 Å². The number of hydrogen-bond acceptors (Lipinski definition) is 1. The molecule has 0 saturated carbocycles. The molecule has 2 nitrogen and oxygen atoms in total. The van der Waals surface area contributed by atoms with Crippen molar-refractivity contribution in [3.63, 3.8) is 0 Å². The van der Waals surface area contributed by atoms with Crippen LogP contribution in [0.2, 0.25) is 0 Å². The predicted octanol–water partition coefficient (Wildman–Crippen LogP) is 3.97. The van der Waals surface area contributed by atoms with Crippen LogP contribution in [0.1, 0.15) is 30.5 Å². The van der Waals surface area contributed by atoms with E-state index < -0.39 is 0 Å². The third kappa shape index (κ3) is 2.27. The average molecular weight is 330 g/mol. The maximum atomic E-state index is 12.0. The summed E-state index contributed by atoms with van der Waals surface area (Å²) in [5.74, 6) is 0.112. The molecule has 0 aromatic heterocycles. The fraction of sp³-hybridized carbons (Fsp3) is 0.235. The summed E-state index contributed by atoms with van der Waals surface area (Å²) in [6.45, 7) is 2.16. The Labute approximate surface area is 127 Å². The summed E-state index contributed by atoms with van der Waals surface area (Å²) < 4.78 is 1.04. The number of amides is 1. The van der Waals surface area contributed by atoms with Crippen LogP contribution < -0.4 is 5.32 Å². The average Bonchev–Trinajstić information content (AvgIpc) is 2.76. The Morgan fingerprint density at radius 3 is 2.60 bits per heavy atom. The van der Waals surface area contributed by atoms with Crippen LogP contribution in [0.15, 0.2) is 59.1 Å². The van der Waals surface area contributed by atoms with E-state index in [0.717, 1.165) is 10.0 Å². The summed E-state index contributed by atoms with van der Waals surface area (Å²) in [5, 5.41) is 3.12. The molecule has 1 amide bonds. The van der Waals surface area contributed by atoms with Gasteiger partial charge in [-0.3, -0.25) is 4.79 Å². The van der Waals surface area contributed by atoms with Crippen LogP contribution in [0.3, 0.4) is 0 Å². The Morgan fingerprint density at radius 1 is 1.15 bits per heavy atom. The standard InChI is InChI=1S/C17H16BrNO/c1-17(13-8-5-9-14(18)10-13)11-15(20)19-16(17)12-6-3-2-4-7-12/h2-10,16H,11H2,1H3,(H,19,20). The van der Waals surface area contributed by atoms with Gasteiger partial charge in [0.05, 0.1) is 6.04 Å². The van der Waals surface area contributed by atoms with E-state index in [4.69, 9.17) is 0 Å². The number of nitrogens with one attached hydrogen (secondary N) is 1. The van der Waals surface area contributed by atoms with E-state index in [1.165, 1.54) is 5.56 Å². The fourth-order valence-corrected chi connectivity index (χ4v) is 3.42. The number of halogens is 1. The summed E-state index contributed by atoms with van der Waals surface area (Å²) in [5.41, 5.74) is 2.11. The smallest absolute Gasteiger partial charge is 0.221 e. The lowest BCUT2D eigenvalue weighted by Gasteiger charge is -2.31. The molecule has 2 aromatic rings. The van der Waals surface area contributed by atoms with Gasteiger partial charge in [-0.15, -0.1) is 0 Å². The van der Waals surface area contributed by atoms with Gasteiger partial charge in [0, 0.05) is 16.3 Å². The van der Waals surface area contributed by atoms with Crippen molar-refractivity contribution in [3.05, 3.63) is 70.2 Å². The van der Waals surface area contributed by atoms with E-state index in [-0.39, 0.29) is 17.4 Å². The van der Waals surface area contributed by atoms with E-state index in [1.807, 2.05) is 30.3 Å².